The lowest BCUT2D eigenvalue weighted by Gasteiger charge is -2.31. The highest BCUT2D eigenvalue weighted by atomic mass is 35.5. The number of hydrogen-bond donors (Lipinski definition) is 3. The topological polar surface area (TPSA) is 113 Å². The third kappa shape index (κ3) is 3.94. The van der Waals surface area contributed by atoms with Crippen molar-refractivity contribution in [3.63, 3.8) is 0 Å². The van der Waals surface area contributed by atoms with Gasteiger partial charge in [0.05, 0.1) is 35.6 Å². The van der Waals surface area contributed by atoms with E-state index in [1.165, 1.54) is 0 Å². The number of ether oxygens (including phenoxy) is 3. The number of imidazole rings is 1. The first-order valence-corrected chi connectivity index (χ1v) is 11.6. The second-order valence-corrected chi connectivity index (χ2v) is 9.22. The number of aliphatic hydroxyl groups excluding tert-OH is 2. The highest BCUT2D eigenvalue weighted by Crippen LogP contribution is 2.33. The summed E-state index contributed by atoms with van der Waals surface area (Å²) in [7, 11) is 0. The molecule has 0 spiro atoms. The van der Waals surface area contributed by atoms with E-state index in [0.29, 0.717) is 34.5 Å². The number of rotatable bonds is 4. The van der Waals surface area contributed by atoms with Gasteiger partial charge in [-0.3, -0.25) is 0 Å². The van der Waals surface area contributed by atoms with Crippen molar-refractivity contribution in [2.24, 2.45) is 0 Å². The number of piperidine rings is 1. The summed E-state index contributed by atoms with van der Waals surface area (Å²) in [6.07, 6.45) is -0.287. The first-order chi connectivity index (χ1) is 16.0. The van der Waals surface area contributed by atoms with Crippen molar-refractivity contribution >= 4 is 28.5 Å². The Morgan fingerprint density at radius 1 is 1.03 bits per heavy atom. The molecule has 6 rings (SSSR count). The Bertz CT molecular complexity index is 1150. The van der Waals surface area contributed by atoms with E-state index in [1.807, 2.05) is 12.1 Å². The van der Waals surface area contributed by atoms with Crippen LogP contribution in [-0.2, 0) is 9.47 Å². The number of benzene rings is 1. The van der Waals surface area contributed by atoms with Gasteiger partial charge in [0.25, 0.3) is 6.01 Å². The minimum Gasteiger partial charge on any atom is -0.456 e. The third-order valence-corrected chi connectivity index (χ3v) is 6.91. The third-order valence-electron chi connectivity index (χ3n) is 6.62. The van der Waals surface area contributed by atoms with E-state index in [1.54, 1.807) is 6.07 Å². The van der Waals surface area contributed by atoms with Crippen molar-refractivity contribution < 1.29 is 24.4 Å². The molecule has 3 saturated heterocycles. The average Bonchev–Trinajstić information content (AvgIpc) is 3.51. The first-order valence-electron chi connectivity index (χ1n) is 11.2. The minimum absolute atomic E-state index is 0.196. The molecule has 3 aliphatic heterocycles. The van der Waals surface area contributed by atoms with Gasteiger partial charge in [-0.1, -0.05) is 23.7 Å². The fraction of sp³-hybridized carbons (Fsp3) is 0.478. The Balaban J connectivity index is 1.21. The fourth-order valence-electron chi connectivity index (χ4n) is 4.80. The van der Waals surface area contributed by atoms with Crippen LogP contribution in [0.2, 0.25) is 5.02 Å². The standard InChI is InChI=1S/C23H25ClN4O5/c24-15-9-16-22(27-23(25-16)33-18-11-32-20-17(30)10-31-21(18)20)26-19(15)12-1-3-13(4-2-12)28-7-5-14(29)6-8-28/h1-4,9,14,17-18,20-21,29-30H,5-8,10-11H2,(H,25,26,27)/t17-,18-,20-,21-/m1/s1. The van der Waals surface area contributed by atoms with Gasteiger partial charge in [0.1, 0.15) is 18.3 Å². The molecular formula is C23H25ClN4O5. The van der Waals surface area contributed by atoms with Crippen molar-refractivity contribution in [1.82, 2.24) is 15.0 Å². The van der Waals surface area contributed by atoms with E-state index < -0.39 is 6.10 Å². The normalized spacial score (nSPS) is 27.9. The molecule has 2 aromatic heterocycles. The maximum atomic E-state index is 9.90. The summed E-state index contributed by atoms with van der Waals surface area (Å²) < 4.78 is 17.2. The molecule has 3 aromatic rings. The van der Waals surface area contributed by atoms with Crippen molar-refractivity contribution in [2.45, 2.75) is 43.4 Å². The van der Waals surface area contributed by atoms with Crippen molar-refractivity contribution in [1.29, 1.82) is 0 Å². The number of H-pyrrole nitrogens is 1. The summed E-state index contributed by atoms with van der Waals surface area (Å²) in [6.45, 7) is 2.26. The number of fused-ring (bicyclic) bond motifs is 2. The van der Waals surface area contributed by atoms with Gasteiger partial charge in [-0.2, -0.15) is 4.98 Å². The summed E-state index contributed by atoms with van der Waals surface area (Å²) in [4.78, 5) is 14.5. The van der Waals surface area contributed by atoms with E-state index in [9.17, 15) is 10.2 Å². The molecule has 1 aromatic carbocycles. The Morgan fingerprint density at radius 2 is 1.79 bits per heavy atom. The van der Waals surface area contributed by atoms with Crippen LogP contribution < -0.4 is 9.64 Å². The molecule has 4 atom stereocenters. The van der Waals surface area contributed by atoms with Crippen LogP contribution >= 0.6 is 11.6 Å². The zero-order chi connectivity index (χ0) is 22.5. The van der Waals surface area contributed by atoms with Crippen molar-refractivity contribution in [3.05, 3.63) is 35.4 Å². The highest BCUT2D eigenvalue weighted by Gasteiger charge is 2.48. The van der Waals surface area contributed by atoms with Crippen LogP contribution in [0.3, 0.4) is 0 Å². The molecule has 0 radical (unpaired) electrons. The van der Waals surface area contributed by atoms with Gasteiger partial charge in [0.15, 0.2) is 11.8 Å². The summed E-state index contributed by atoms with van der Waals surface area (Å²) in [5.74, 6) is 0. The number of hydrogen-bond acceptors (Lipinski definition) is 8. The van der Waals surface area contributed by atoms with E-state index in [4.69, 9.17) is 25.8 Å². The van der Waals surface area contributed by atoms with Gasteiger partial charge < -0.3 is 34.3 Å². The molecule has 0 bridgehead atoms. The molecule has 0 amide bonds. The van der Waals surface area contributed by atoms with Gasteiger partial charge in [-0.15, -0.1) is 0 Å². The van der Waals surface area contributed by atoms with Crippen LogP contribution in [-0.4, -0.2) is 82.0 Å². The van der Waals surface area contributed by atoms with Crippen LogP contribution in [0.25, 0.3) is 22.4 Å². The van der Waals surface area contributed by atoms with E-state index >= 15 is 0 Å². The summed E-state index contributed by atoms with van der Waals surface area (Å²) >= 11 is 6.55. The van der Waals surface area contributed by atoms with Crippen LogP contribution in [0.5, 0.6) is 6.01 Å². The van der Waals surface area contributed by atoms with Crippen LogP contribution in [0.15, 0.2) is 30.3 Å². The molecule has 3 N–H and O–H groups in total. The molecule has 0 aliphatic carbocycles. The molecular weight excluding hydrogens is 448 g/mol. The predicted molar refractivity (Wildman–Crippen MR) is 122 cm³/mol. The minimum atomic E-state index is -0.629. The Labute approximate surface area is 195 Å². The molecule has 33 heavy (non-hydrogen) atoms. The largest absolute Gasteiger partial charge is 0.456 e. The monoisotopic (exact) mass is 472 g/mol. The van der Waals surface area contributed by atoms with Gasteiger partial charge in [0, 0.05) is 24.3 Å². The fourth-order valence-corrected chi connectivity index (χ4v) is 5.06. The Morgan fingerprint density at radius 3 is 2.58 bits per heavy atom. The molecule has 5 heterocycles. The van der Waals surface area contributed by atoms with Crippen LogP contribution in [0, 0.1) is 0 Å². The van der Waals surface area contributed by atoms with E-state index in [0.717, 1.165) is 37.2 Å². The number of halogens is 1. The second kappa shape index (κ2) is 8.41. The Hall–Kier alpha value is -2.43. The number of pyridine rings is 1. The van der Waals surface area contributed by atoms with E-state index in [2.05, 4.69) is 32.0 Å². The number of nitrogens with one attached hydrogen (secondary N) is 1. The van der Waals surface area contributed by atoms with Crippen LogP contribution in [0.4, 0.5) is 5.69 Å². The average molecular weight is 473 g/mol. The maximum absolute atomic E-state index is 9.90. The molecule has 3 fully saturated rings. The summed E-state index contributed by atoms with van der Waals surface area (Å²) in [5, 5.41) is 20.1. The van der Waals surface area contributed by atoms with Crippen LogP contribution in [0.1, 0.15) is 12.8 Å². The molecule has 0 unspecified atom stereocenters. The maximum Gasteiger partial charge on any atom is 0.296 e. The zero-order valence-corrected chi connectivity index (χ0v) is 18.6. The first kappa shape index (κ1) is 21.1. The molecule has 0 saturated carbocycles. The Kier molecular flexibility index (Phi) is 5.38. The lowest BCUT2D eigenvalue weighted by molar-refractivity contribution is 0.00706. The van der Waals surface area contributed by atoms with E-state index in [-0.39, 0.29) is 31.0 Å². The molecule has 174 valence electrons. The number of aromatic nitrogens is 3. The van der Waals surface area contributed by atoms with Crippen molar-refractivity contribution in [3.8, 4) is 17.3 Å². The lowest BCUT2D eigenvalue weighted by Crippen LogP contribution is -2.35. The van der Waals surface area contributed by atoms with Gasteiger partial charge in [-0.25, -0.2) is 4.98 Å². The number of aliphatic hydroxyl groups is 2. The quantitative estimate of drug-likeness (QED) is 0.529. The second-order valence-electron chi connectivity index (χ2n) is 8.82. The smallest absolute Gasteiger partial charge is 0.296 e. The molecule has 9 nitrogen and oxygen atoms in total. The number of anilines is 1. The SMILES string of the molecule is OC1CCN(c2ccc(-c3nc4nc(O[C@@H]5CO[C@H]6[C@@H]5OC[C@H]6O)[nH]c4cc3Cl)cc2)CC1. The van der Waals surface area contributed by atoms with Gasteiger partial charge >= 0.3 is 0 Å². The number of nitrogens with zero attached hydrogens (tertiary/aromatic N) is 3. The number of aromatic amines is 1. The lowest BCUT2D eigenvalue weighted by atomic mass is 10.1. The zero-order valence-electron chi connectivity index (χ0n) is 17.9. The molecule has 3 aliphatic rings. The summed E-state index contributed by atoms with van der Waals surface area (Å²) in [6, 6.07) is 10.2. The highest BCUT2D eigenvalue weighted by molar-refractivity contribution is 6.33. The summed E-state index contributed by atoms with van der Waals surface area (Å²) in [5.41, 5.74) is 3.84. The van der Waals surface area contributed by atoms with Crippen molar-refractivity contribution in [2.75, 3.05) is 31.2 Å². The van der Waals surface area contributed by atoms with Gasteiger partial charge in [-0.05, 0) is 31.0 Å². The predicted octanol–water partition coefficient (Wildman–Crippen LogP) is 2.15. The molecule has 10 heteroatoms. The van der Waals surface area contributed by atoms with Gasteiger partial charge in [0.2, 0.25) is 0 Å².